The second-order valence-electron chi connectivity index (χ2n) is 6.04. The van der Waals surface area contributed by atoms with E-state index in [4.69, 9.17) is 28.6 Å². The maximum Gasteiger partial charge on any atom is 0.255 e. The minimum absolute atomic E-state index is 0.226. The standard InChI is InChI=1S/C20H20ClN3O2S/c1-3-26-16-9-7-13(8-10-16)18-17(12(2)22-20(27)24-18)19(25)23-15-6-4-5-14(21)11-15/h4-11,18H,3H2,1-2H3,(H,23,25)(H2,22,24,27)/t18-/m1/s1. The molecule has 0 saturated heterocycles. The number of anilines is 1. The van der Waals surface area contributed by atoms with Gasteiger partial charge in [0.15, 0.2) is 5.11 Å². The Bertz CT molecular complexity index is 896. The Balaban J connectivity index is 1.90. The fourth-order valence-corrected chi connectivity index (χ4v) is 3.39. The summed E-state index contributed by atoms with van der Waals surface area (Å²) in [6.45, 7) is 4.37. The van der Waals surface area contributed by atoms with Crippen LogP contribution in [0.1, 0.15) is 25.5 Å². The predicted molar refractivity (Wildman–Crippen MR) is 112 cm³/mol. The smallest absolute Gasteiger partial charge is 0.255 e. The molecule has 1 aliphatic heterocycles. The molecular weight excluding hydrogens is 382 g/mol. The number of hydrogen-bond acceptors (Lipinski definition) is 3. The maximum atomic E-state index is 13.0. The number of nitrogens with one attached hydrogen (secondary N) is 3. The highest BCUT2D eigenvalue weighted by Gasteiger charge is 2.30. The van der Waals surface area contributed by atoms with Crippen LogP contribution in [0, 0.1) is 0 Å². The number of carbonyl (C=O) groups is 1. The van der Waals surface area contributed by atoms with Crippen LogP contribution in [-0.4, -0.2) is 17.6 Å². The number of thiocarbonyl (C=S) groups is 1. The van der Waals surface area contributed by atoms with Crippen LogP contribution in [0.5, 0.6) is 5.75 Å². The van der Waals surface area contributed by atoms with Crippen molar-refractivity contribution in [3.63, 3.8) is 0 Å². The molecule has 0 bridgehead atoms. The molecule has 2 aromatic carbocycles. The molecule has 3 N–H and O–H groups in total. The van der Waals surface area contributed by atoms with Crippen LogP contribution in [0.15, 0.2) is 59.8 Å². The van der Waals surface area contributed by atoms with Crippen molar-refractivity contribution in [2.24, 2.45) is 0 Å². The van der Waals surface area contributed by atoms with Gasteiger partial charge in [0, 0.05) is 16.4 Å². The fourth-order valence-electron chi connectivity index (χ4n) is 2.93. The number of hydrogen-bond donors (Lipinski definition) is 3. The predicted octanol–water partition coefficient (Wildman–Crippen LogP) is 4.17. The number of benzene rings is 2. The molecule has 2 aromatic rings. The zero-order valence-corrected chi connectivity index (χ0v) is 16.6. The van der Waals surface area contributed by atoms with Gasteiger partial charge in [-0.3, -0.25) is 4.79 Å². The Morgan fingerprint density at radius 3 is 2.67 bits per heavy atom. The van der Waals surface area contributed by atoms with Gasteiger partial charge in [-0.2, -0.15) is 0 Å². The van der Waals surface area contributed by atoms with E-state index in [1.807, 2.05) is 38.1 Å². The van der Waals surface area contributed by atoms with E-state index in [0.717, 1.165) is 11.3 Å². The highest BCUT2D eigenvalue weighted by molar-refractivity contribution is 7.80. The molecule has 1 heterocycles. The highest BCUT2D eigenvalue weighted by Crippen LogP contribution is 2.29. The van der Waals surface area contributed by atoms with Gasteiger partial charge in [0.2, 0.25) is 0 Å². The zero-order chi connectivity index (χ0) is 19.4. The molecule has 3 rings (SSSR count). The summed E-state index contributed by atoms with van der Waals surface area (Å²) in [4.78, 5) is 13.0. The minimum atomic E-state index is -0.367. The first-order valence-corrected chi connectivity index (χ1v) is 9.34. The third-order valence-corrected chi connectivity index (χ3v) is 4.58. The molecule has 7 heteroatoms. The molecule has 0 aliphatic carbocycles. The molecule has 0 fully saturated rings. The lowest BCUT2D eigenvalue weighted by Crippen LogP contribution is -2.45. The van der Waals surface area contributed by atoms with Gasteiger partial charge in [-0.15, -0.1) is 0 Å². The molecule has 0 spiro atoms. The van der Waals surface area contributed by atoms with Crippen LogP contribution in [0.4, 0.5) is 5.69 Å². The monoisotopic (exact) mass is 401 g/mol. The van der Waals surface area contributed by atoms with Crippen LogP contribution >= 0.6 is 23.8 Å². The van der Waals surface area contributed by atoms with Gasteiger partial charge < -0.3 is 20.7 Å². The topological polar surface area (TPSA) is 62.4 Å². The van der Waals surface area contributed by atoms with Crippen LogP contribution in [0.2, 0.25) is 5.02 Å². The number of carbonyl (C=O) groups excluding carboxylic acids is 1. The normalized spacial score (nSPS) is 16.4. The number of halogens is 1. The summed E-state index contributed by atoms with van der Waals surface area (Å²) in [7, 11) is 0. The minimum Gasteiger partial charge on any atom is -0.494 e. The van der Waals surface area contributed by atoms with E-state index >= 15 is 0 Å². The van der Waals surface area contributed by atoms with E-state index < -0.39 is 0 Å². The number of ether oxygens (including phenoxy) is 1. The van der Waals surface area contributed by atoms with Gasteiger partial charge >= 0.3 is 0 Å². The molecule has 140 valence electrons. The molecule has 1 amide bonds. The Labute approximate surface area is 168 Å². The Hall–Kier alpha value is -2.57. The highest BCUT2D eigenvalue weighted by atomic mass is 35.5. The van der Waals surface area contributed by atoms with Crippen molar-refractivity contribution in [2.75, 3.05) is 11.9 Å². The van der Waals surface area contributed by atoms with Crippen molar-refractivity contribution < 1.29 is 9.53 Å². The molecule has 5 nitrogen and oxygen atoms in total. The second kappa shape index (κ2) is 8.41. The van der Waals surface area contributed by atoms with Gasteiger partial charge in [-0.25, -0.2) is 0 Å². The SMILES string of the molecule is CCOc1ccc([C@H]2NC(=S)NC(C)=C2C(=O)Nc2cccc(Cl)c2)cc1. The first kappa shape index (κ1) is 19.2. The fraction of sp³-hybridized carbons (Fsp3) is 0.200. The van der Waals surface area contributed by atoms with Gasteiger partial charge in [0.1, 0.15) is 5.75 Å². The quantitative estimate of drug-likeness (QED) is 0.656. The van der Waals surface area contributed by atoms with Crippen LogP contribution in [0.25, 0.3) is 0 Å². The van der Waals surface area contributed by atoms with Crippen molar-refractivity contribution in [1.82, 2.24) is 10.6 Å². The third-order valence-electron chi connectivity index (χ3n) is 4.12. The van der Waals surface area contributed by atoms with E-state index in [9.17, 15) is 4.79 Å². The first-order valence-electron chi connectivity index (χ1n) is 8.56. The molecule has 0 aromatic heterocycles. The van der Waals surface area contributed by atoms with Gasteiger partial charge in [-0.05, 0) is 62.0 Å². The molecular formula is C20H20ClN3O2S. The largest absolute Gasteiger partial charge is 0.494 e. The molecule has 0 radical (unpaired) electrons. The number of rotatable bonds is 5. The van der Waals surface area contributed by atoms with Crippen molar-refractivity contribution in [3.05, 3.63) is 70.4 Å². The molecule has 0 saturated carbocycles. The van der Waals surface area contributed by atoms with Gasteiger partial charge in [0.25, 0.3) is 5.91 Å². The first-order chi connectivity index (χ1) is 13.0. The average molecular weight is 402 g/mol. The van der Waals surface area contributed by atoms with E-state index in [0.29, 0.717) is 33.7 Å². The van der Waals surface area contributed by atoms with Crippen LogP contribution < -0.4 is 20.7 Å². The van der Waals surface area contributed by atoms with Crippen molar-refractivity contribution in [2.45, 2.75) is 19.9 Å². The van der Waals surface area contributed by atoms with Crippen LogP contribution in [-0.2, 0) is 4.79 Å². The summed E-state index contributed by atoms with van der Waals surface area (Å²) < 4.78 is 5.49. The molecule has 0 unspecified atom stereocenters. The van der Waals surface area contributed by atoms with Crippen molar-refractivity contribution in [1.29, 1.82) is 0 Å². The lowest BCUT2D eigenvalue weighted by Gasteiger charge is -2.30. The van der Waals surface area contributed by atoms with E-state index in [2.05, 4.69) is 16.0 Å². The van der Waals surface area contributed by atoms with Gasteiger partial charge in [-0.1, -0.05) is 29.8 Å². The van der Waals surface area contributed by atoms with E-state index in [-0.39, 0.29) is 11.9 Å². The molecule has 1 atom stereocenters. The lowest BCUT2D eigenvalue weighted by molar-refractivity contribution is -0.113. The summed E-state index contributed by atoms with van der Waals surface area (Å²) in [5.41, 5.74) is 2.81. The van der Waals surface area contributed by atoms with E-state index in [1.165, 1.54) is 0 Å². The van der Waals surface area contributed by atoms with Gasteiger partial charge in [0.05, 0.1) is 18.2 Å². The molecule has 1 aliphatic rings. The third kappa shape index (κ3) is 4.59. The Morgan fingerprint density at radius 2 is 2.00 bits per heavy atom. The molecule has 27 heavy (non-hydrogen) atoms. The number of amides is 1. The summed E-state index contributed by atoms with van der Waals surface area (Å²) in [5.74, 6) is 0.555. The van der Waals surface area contributed by atoms with E-state index in [1.54, 1.807) is 24.3 Å². The average Bonchev–Trinajstić information content (AvgIpc) is 2.62. The summed E-state index contributed by atoms with van der Waals surface area (Å²) in [6.07, 6.45) is 0. The van der Waals surface area contributed by atoms with Crippen molar-refractivity contribution in [3.8, 4) is 5.75 Å². The second-order valence-corrected chi connectivity index (χ2v) is 6.88. The Morgan fingerprint density at radius 1 is 1.26 bits per heavy atom. The van der Waals surface area contributed by atoms with Crippen LogP contribution in [0.3, 0.4) is 0 Å². The summed E-state index contributed by atoms with van der Waals surface area (Å²) in [5, 5.41) is 10.1. The summed E-state index contributed by atoms with van der Waals surface area (Å²) in [6, 6.07) is 14.3. The zero-order valence-electron chi connectivity index (χ0n) is 15.0. The maximum absolute atomic E-state index is 13.0. The lowest BCUT2D eigenvalue weighted by atomic mass is 9.95. The summed E-state index contributed by atoms with van der Waals surface area (Å²) >= 11 is 11.3. The Kier molecular flexibility index (Phi) is 5.98. The van der Waals surface area contributed by atoms with Crippen molar-refractivity contribution >= 4 is 40.5 Å². The number of allylic oxidation sites excluding steroid dienone is 1.